The van der Waals surface area contributed by atoms with E-state index in [1.807, 2.05) is 30.3 Å². The smallest absolute Gasteiger partial charge is 0.168 e. The minimum Gasteiger partial charge on any atom is -0.348 e. The maximum atomic E-state index is 13.7. The topological polar surface area (TPSA) is 35.5 Å². The molecule has 1 saturated heterocycles. The van der Waals surface area contributed by atoms with Gasteiger partial charge in [0, 0.05) is 19.3 Å². The molecule has 0 unspecified atom stereocenters. The summed E-state index contributed by atoms with van der Waals surface area (Å²) in [4.78, 5) is 12.6. The van der Waals surface area contributed by atoms with Crippen LogP contribution in [0.25, 0.3) is 0 Å². The molecule has 3 nitrogen and oxygen atoms in total. The van der Waals surface area contributed by atoms with Crippen LogP contribution in [0.2, 0.25) is 0 Å². The number of halogens is 1. The Balaban J connectivity index is 1.68. The van der Waals surface area contributed by atoms with Crippen LogP contribution in [-0.4, -0.2) is 31.5 Å². The molecule has 0 bridgehead atoms. The second kappa shape index (κ2) is 5.85. The number of rotatable bonds is 4. The van der Waals surface area contributed by atoms with Gasteiger partial charge >= 0.3 is 0 Å². The Morgan fingerprint density at radius 3 is 2.24 bits per heavy atom. The van der Waals surface area contributed by atoms with Crippen molar-refractivity contribution in [1.29, 1.82) is 0 Å². The van der Waals surface area contributed by atoms with E-state index < -0.39 is 17.9 Å². The minimum absolute atomic E-state index is 0.00375. The van der Waals surface area contributed by atoms with E-state index in [1.54, 1.807) is 0 Å². The Hall–Kier alpha value is -1.26. The van der Waals surface area contributed by atoms with Crippen LogP contribution in [-0.2, 0) is 20.7 Å². The second-order valence-corrected chi connectivity index (χ2v) is 6.11. The van der Waals surface area contributed by atoms with Crippen molar-refractivity contribution in [2.75, 3.05) is 19.9 Å². The van der Waals surface area contributed by atoms with Crippen molar-refractivity contribution >= 4 is 5.78 Å². The zero-order valence-corrected chi connectivity index (χ0v) is 12.1. The highest BCUT2D eigenvalue weighted by molar-refractivity contribution is 5.87. The second-order valence-electron chi connectivity index (χ2n) is 6.11. The van der Waals surface area contributed by atoms with Crippen molar-refractivity contribution in [2.24, 2.45) is 5.41 Å². The van der Waals surface area contributed by atoms with Crippen LogP contribution in [0.1, 0.15) is 31.2 Å². The van der Waals surface area contributed by atoms with Crippen LogP contribution >= 0.6 is 0 Å². The van der Waals surface area contributed by atoms with Crippen molar-refractivity contribution in [3.05, 3.63) is 35.9 Å². The Labute approximate surface area is 124 Å². The molecular weight excluding hydrogens is 271 g/mol. The Bertz CT molecular complexity index is 484. The van der Waals surface area contributed by atoms with E-state index in [2.05, 4.69) is 0 Å². The molecule has 21 heavy (non-hydrogen) atoms. The number of carbonyl (C=O) groups excluding carboxylic acids is 1. The first kappa shape index (κ1) is 14.7. The van der Waals surface area contributed by atoms with E-state index in [1.165, 1.54) is 0 Å². The summed E-state index contributed by atoms with van der Waals surface area (Å²) in [5.74, 6) is -0.546. The maximum absolute atomic E-state index is 13.7. The first-order valence-corrected chi connectivity index (χ1v) is 7.59. The number of benzene rings is 1. The molecule has 1 aliphatic carbocycles. The van der Waals surface area contributed by atoms with E-state index in [0.717, 1.165) is 5.56 Å². The van der Waals surface area contributed by atoms with Crippen molar-refractivity contribution < 1.29 is 18.7 Å². The fourth-order valence-electron chi connectivity index (χ4n) is 3.35. The molecule has 1 aromatic rings. The van der Waals surface area contributed by atoms with Gasteiger partial charge in [-0.05, 0) is 18.4 Å². The number of Topliss-reactive ketones (excluding diaryl/α,β-unsaturated/α-hetero) is 1. The molecule has 4 heteroatoms. The number of ketones is 1. The quantitative estimate of drug-likeness (QED) is 0.855. The summed E-state index contributed by atoms with van der Waals surface area (Å²) in [7, 11) is 0. The molecule has 0 amide bonds. The number of carbonyl (C=O) groups is 1. The summed E-state index contributed by atoms with van der Waals surface area (Å²) in [5.41, 5.74) is 0.0973. The predicted octanol–water partition coefficient (Wildman–Crippen LogP) is 3.07. The lowest BCUT2D eigenvalue weighted by atomic mass is 9.69. The van der Waals surface area contributed by atoms with Gasteiger partial charge < -0.3 is 9.47 Å². The van der Waals surface area contributed by atoms with Gasteiger partial charge in [-0.2, -0.15) is 0 Å². The van der Waals surface area contributed by atoms with Crippen LogP contribution in [0.3, 0.4) is 0 Å². The highest BCUT2D eigenvalue weighted by Gasteiger charge is 2.49. The van der Waals surface area contributed by atoms with Crippen LogP contribution in [0.5, 0.6) is 0 Å². The van der Waals surface area contributed by atoms with Gasteiger partial charge in [-0.25, -0.2) is 0 Å². The summed E-state index contributed by atoms with van der Waals surface area (Å²) < 4.78 is 25.0. The van der Waals surface area contributed by atoms with E-state index in [9.17, 15) is 9.18 Å². The maximum Gasteiger partial charge on any atom is 0.168 e. The van der Waals surface area contributed by atoms with Gasteiger partial charge in [0.1, 0.15) is 12.5 Å². The zero-order valence-electron chi connectivity index (χ0n) is 12.1. The summed E-state index contributed by atoms with van der Waals surface area (Å²) in [6, 6.07) is 9.55. The number of hydrogen-bond donors (Lipinski definition) is 0. The highest BCUT2D eigenvalue weighted by atomic mass is 19.1. The molecule has 0 atom stereocenters. The molecular formula is C17H21FO3. The van der Waals surface area contributed by atoms with Crippen LogP contribution in [0.4, 0.5) is 4.39 Å². The summed E-state index contributed by atoms with van der Waals surface area (Å²) >= 11 is 0. The molecule has 1 heterocycles. The fourth-order valence-corrected chi connectivity index (χ4v) is 3.35. The van der Waals surface area contributed by atoms with Crippen molar-refractivity contribution in [1.82, 2.24) is 0 Å². The predicted molar refractivity (Wildman–Crippen MR) is 76.7 cm³/mol. The van der Waals surface area contributed by atoms with Gasteiger partial charge in [0.25, 0.3) is 0 Å². The SMILES string of the molecule is O=C(Cc1ccccc1)C1(CF)CCC2(CC1)OCCO2. The van der Waals surface area contributed by atoms with Gasteiger partial charge in [-0.3, -0.25) is 9.18 Å². The molecule has 114 valence electrons. The number of hydrogen-bond acceptors (Lipinski definition) is 3. The molecule has 1 spiro atoms. The minimum atomic E-state index is -0.851. The molecule has 0 radical (unpaired) electrons. The van der Waals surface area contributed by atoms with Crippen LogP contribution in [0.15, 0.2) is 30.3 Å². The number of alkyl halides is 1. The Kier molecular flexibility index (Phi) is 4.09. The summed E-state index contributed by atoms with van der Waals surface area (Å²) in [6.07, 6.45) is 2.54. The average molecular weight is 292 g/mol. The lowest BCUT2D eigenvalue weighted by Crippen LogP contribution is -2.45. The monoisotopic (exact) mass is 292 g/mol. The summed E-state index contributed by atoms with van der Waals surface area (Å²) in [5, 5.41) is 0. The van der Waals surface area contributed by atoms with Crippen molar-refractivity contribution in [3.8, 4) is 0 Å². The van der Waals surface area contributed by atoms with Gasteiger partial charge in [0.05, 0.1) is 18.6 Å². The van der Waals surface area contributed by atoms with Crippen molar-refractivity contribution in [3.63, 3.8) is 0 Å². The first-order chi connectivity index (χ1) is 10.2. The molecule has 2 fully saturated rings. The molecule has 1 aliphatic heterocycles. The third-order valence-electron chi connectivity index (χ3n) is 4.84. The first-order valence-electron chi connectivity index (χ1n) is 7.59. The van der Waals surface area contributed by atoms with Crippen LogP contribution in [0, 0.1) is 5.41 Å². The lowest BCUT2D eigenvalue weighted by molar-refractivity contribution is -0.193. The molecule has 3 rings (SSSR count). The molecule has 1 saturated carbocycles. The Morgan fingerprint density at radius 2 is 1.67 bits per heavy atom. The standard InChI is InChI=1S/C17H21FO3/c18-13-16(15(19)12-14-4-2-1-3-5-14)6-8-17(9-7-16)20-10-11-21-17/h1-5H,6-13H2. The third kappa shape index (κ3) is 2.87. The van der Waals surface area contributed by atoms with Crippen molar-refractivity contribution in [2.45, 2.75) is 37.9 Å². The van der Waals surface area contributed by atoms with E-state index in [4.69, 9.17) is 9.47 Å². The fraction of sp³-hybridized carbons (Fsp3) is 0.588. The van der Waals surface area contributed by atoms with Crippen LogP contribution < -0.4 is 0 Å². The average Bonchev–Trinajstić information content (AvgIpc) is 2.98. The van der Waals surface area contributed by atoms with Gasteiger partial charge in [0.15, 0.2) is 5.79 Å². The van der Waals surface area contributed by atoms with E-state index >= 15 is 0 Å². The Morgan fingerprint density at radius 1 is 1.05 bits per heavy atom. The highest BCUT2D eigenvalue weighted by Crippen LogP contribution is 2.46. The van der Waals surface area contributed by atoms with Gasteiger partial charge in [-0.1, -0.05) is 30.3 Å². The number of ether oxygens (including phenoxy) is 2. The largest absolute Gasteiger partial charge is 0.348 e. The molecule has 2 aliphatic rings. The summed E-state index contributed by atoms with van der Waals surface area (Å²) in [6.45, 7) is 0.607. The molecule has 1 aromatic carbocycles. The lowest BCUT2D eigenvalue weighted by Gasteiger charge is -2.41. The normalized spacial score (nSPS) is 23.3. The van der Waals surface area contributed by atoms with Gasteiger partial charge in [0.2, 0.25) is 0 Å². The van der Waals surface area contributed by atoms with E-state index in [-0.39, 0.29) is 5.78 Å². The third-order valence-corrected chi connectivity index (χ3v) is 4.84. The molecule has 0 N–H and O–H groups in total. The molecule has 0 aromatic heterocycles. The van der Waals surface area contributed by atoms with Gasteiger partial charge in [-0.15, -0.1) is 0 Å². The zero-order chi connectivity index (χ0) is 14.8. The van der Waals surface area contributed by atoms with E-state index in [0.29, 0.717) is 45.3 Å².